The van der Waals surface area contributed by atoms with E-state index in [0.29, 0.717) is 12.1 Å². The molecule has 0 saturated carbocycles. The van der Waals surface area contributed by atoms with Crippen LogP contribution in [0.2, 0.25) is 0 Å². The molecule has 0 spiro atoms. The van der Waals surface area contributed by atoms with Crippen molar-refractivity contribution in [3.8, 4) is 0 Å². The maximum atomic E-state index is 11.9. The van der Waals surface area contributed by atoms with Crippen LogP contribution >= 0.6 is 0 Å². The van der Waals surface area contributed by atoms with Gasteiger partial charge in [-0.05, 0) is 24.8 Å². The third-order valence-electron chi connectivity index (χ3n) is 4.59. The average molecular weight is 267 g/mol. The lowest BCUT2D eigenvalue weighted by Gasteiger charge is -2.35. The summed E-state index contributed by atoms with van der Waals surface area (Å²) in [7, 11) is 0. The summed E-state index contributed by atoms with van der Waals surface area (Å²) in [6.07, 6.45) is 4.65. The van der Waals surface area contributed by atoms with Gasteiger partial charge >= 0.3 is 0 Å². The van der Waals surface area contributed by atoms with Crippen LogP contribution in [0.25, 0.3) is 0 Å². The van der Waals surface area contributed by atoms with Gasteiger partial charge < -0.3 is 4.98 Å². The Balaban J connectivity index is 1.69. The molecule has 0 unspecified atom stereocenters. The van der Waals surface area contributed by atoms with Crippen molar-refractivity contribution in [2.45, 2.75) is 37.9 Å². The van der Waals surface area contributed by atoms with E-state index in [-0.39, 0.29) is 5.56 Å². The largest absolute Gasteiger partial charge is 0.313 e. The smallest absolute Gasteiger partial charge is 0.254 e. The van der Waals surface area contributed by atoms with Crippen LogP contribution in [0, 0.1) is 0 Å². The summed E-state index contributed by atoms with van der Waals surface area (Å²) < 4.78 is 0. The Morgan fingerprint density at radius 1 is 1.25 bits per heavy atom. The van der Waals surface area contributed by atoms with Gasteiger partial charge in [-0.15, -0.1) is 0 Å². The van der Waals surface area contributed by atoms with E-state index in [1.165, 1.54) is 5.56 Å². The molecule has 1 aromatic heterocycles. The second-order valence-corrected chi connectivity index (χ2v) is 5.70. The molecule has 1 fully saturated rings. The average Bonchev–Trinajstić information content (AvgIpc) is 2.74. The molecule has 2 bridgehead atoms. The molecule has 102 valence electrons. The lowest BCUT2D eigenvalue weighted by Crippen LogP contribution is -2.40. The lowest BCUT2D eigenvalue weighted by molar-refractivity contribution is 0.164. The van der Waals surface area contributed by atoms with Gasteiger partial charge in [0.2, 0.25) is 0 Å². The first kappa shape index (κ1) is 11.9. The minimum Gasteiger partial charge on any atom is -0.313 e. The standard InChI is InChI=1S/C16H17N3O/c20-16-13-8-12-6-7-14(15(13)17-10-18-16)19(12)9-11-4-2-1-3-5-11/h1-5,10,12,14H,6-9H2,(H,17,18,20)/t12-,14+/m0/s1. The summed E-state index contributed by atoms with van der Waals surface area (Å²) in [6.45, 7) is 0.949. The van der Waals surface area contributed by atoms with Crippen LogP contribution in [-0.4, -0.2) is 20.9 Å². The third kappa shape index (κ3) is 1.79. The second-order valence-electron chi connectivity index (χ2n) is 5.70. The van der Waals surface area contributed by atoms with Gasteiger partial charge in [-0.1, -0.05) is 30.3 Å². The predicted molar refractivity (Wildman–Crippen MR) is 76.3 cm³/mol. The van der Waals surface area contributed by atoms with Crippen molar-refractivity contribution in [2.24, 2.45) is 0 Å². The molecule has 2 aromatic rings. The number of nitrogens with one attached hydrogen (secondary N) is 1. The van der Waals surface area contributed by atoms with Gasteiger partial charge in [-0.25, -0.2) is 4.98 Å². The molecule has 0 radical (unpaired) electrons. The fourth-order valence-electron chi connectivity index (χ4n) is 3.64. The molecule has 2 atom stereocenters. The quantitative estimate of drug-likeness (QED) is 0.905. The molecule has 20 heavy (non-hydrogen) atoms. The molecule has 1 aromatic carbocycles. The normalized spacial score (nSPS) is 24.6. The zero-order valence-electron chi connectivity index (χ0n) is 11.2. The van der Waals surface area contributed by atoms with Gasteiger partial charge in [0.15, 0.2) is 0 Å². The number of fused-ring (bicyclic) bond motifs is 4. The first-order valence-electron chi connectivity index (χ1n) is 7.19. The van der Waals surface area contributed by atoms with Crippen LogP contribution in [0.15, 0.2) is 41.5 Å². The third-order valence-corrected chi connectivity index (χ3v) is 4.59. The number of aromatic nitrogens is 2. The summed E-state index contributed by atoms with van der Waals surface area (Å²) in [5.74, 6) is 0. The first-order valence-corrected chi connectivity index (χ1v) is 7.19. The maximum Gasteiger partial charge on any atom is 0.254 e. The van der Waals surface area contributed by atoms with Crippen molar-refractivity contribution in [2.75, 3.05) is 0 Å². The van der Waals surface area contributed by atoms with Crippen LogP contribution in [0.5, 0.6) is 0 Å². The molecule has 1 saturated heterocycles. The fraction of sp³-hybridized carbons (Fsp3) is 0.375. The molecule has 4 nitrogen and oxygen atoms in total. The van der Waals surface area contributed by atoms with Crippen LogP contribution < -0.4 is 5.56 Å². The summed E-state index contributed by atoms with van der Waals surface area (Å²) in [5, 5.41) is 0. The van der Waals surface area contributed by atoms with E-state index >= 15 is 0 Å². The van der Waals surface area contributed by atoms with Crippen molar-refractivity contribution >= 4 is 0 Å². The van der Waals surface area contributed by atoms with Crippen LogP contribution in [0.1, 0.15) is 35.7 Å². The molecule has 0 amide bonds. The highest BCUT2D eigenvalue weighted by Gasteiger charge is 2.41. The van der Waals surface area contributed by atoms with Crippen molar-refractivity contribution < 1.29 is 0 Å². The molecule has 3 heterocycles. The van der Waals surface area contributed by atoms with Crippen molar-refractivity contribution in [3.05, 3.63) is 63.8 Å². The predicted octanol–water partition coefficient (Wildman–Crippen LogP) is 2.03. The minimum atomic E-state index is 0.0475. The lowest BCUT2D eigenvalue weighted by atomic mass is 9.98. The summed E-state index contributed by atoms with van der Waals surface area (Å²) in [4.78, 5) is 21.6. The van der Waals surface area contributed by atoms with Crippen molar-refractivity contribution in [1.82, 2.24) is 14.9 Å². The molecule has 4 heteroatoms. The molecule has 1 N–H and O–H groups in total. The van der Waals surface area contributed by atoms with Crippen LogP contribution in [0.4, 0.5) is 0 Å². The maximum absolute atomic E-state index is 11.9. The van der Waals surface area contributed by atoms with Crippen LogP contribution in [0.3, 0.4) is 0 Å². The Hall–Kier alpha value is -1.94. The molecule has 4 rings (SSSR count). The highest BCUT2D eigenvalue weighted by molar-refractivity contribution is 5.28. The zero-order chi connectivity index (χ0) is 13.5. The molecule has 0 aliphatic carbocycles. The highest BCUT2D eigenvalue weighted by atomic mass is 16.1. The molecule has 2 aliphatic rings. The SMILES string of the molecule is O=c1[nH]cnc2c1C[C@@H]1CC[C@H]2N1Cc1ccccc1. The summed E-state index contributed by atoms with van der Waals surface area (Å²) >= 11 is 0. The van der Waals surface area contributed by atoms with Gasteiger partial charge in [-0.2, -0.15) is 0 Å². The monoisotopic (exact) mass is 267 g/mol. The van der Waals surface area contributed by atoms with Gasteiger partial charge in [0.25, 0.3) is 5.56 Å². The molecule has 2 aliphatic heterocycles. The number of hydrogen-bond donors (Lipinski definition) is 1. The first-order chi connectivity index (χ1) is 9.83. The second kappa shape index (κ2) is 4.56. The Labute approximate surface area is 117 Å². The van der Waals surface area contributed by atoms with Gasteiger partial charge in [0, 0.05) is 18.2 Å². The van der Waals surface area contributed by atoms with E-state index < -0.39 is 0 Å². The van der Waals surface area contributed by atoms with E-state index in [2.05, 4.69) is 39.1 Å². The Morgan fingerprint density at radius 3 is 2.95 bits per heavy atom. The number of benzene rings is 1. The highest BCUT2D eigenvalue weighted by Crippen LogP contribution is 2.42. The van der Waals surface area contributed by atoms with E-state index in [1.807, 2.05) is 6.07 Å². The fourth-order valence-corrected chi connectivity index (χ4v) is 3.64. The van der Waals surface area contributed by atoms with Crippen molar-refractivity contribution in [3.63, 3.8) is 0 Å². The van der Waals surface area contributed by atoms with Crippen molar-refractivity contribution in [1.29, 1.82) is 0 Å². The Morgan fingerprint density at radius 2 is 2.10 bits per heavy atom. The number of hydrogen-bond acceptors (Lipinski definition) is 3. The Bertz CT molecular complexity index is 680. The summed E-state index contributed by atoms with van der Waals surface area (Å²) in [5.41, 5.74) is 3.28. The van der Waals surface area contributed by atoms with Gasteiger partial charge in [0.1, 0.15) is 0 Å². The zero-order valence-corrected chi connectivity index (χ0v) is 11.2. The summed E-state index contributed by atoms with van der Waals surface area (Å²) in [6, 6.07) is 11.3. The number of nitrogens with zero attached hydrogens (tertiary/aromatic N) is 2. The van der Waals surface area contributed by atoms with Crippen LogP contribution in [-0.2, 0) is 13.0 Å². The van der Waals surface area contributed by atoms with E-state index in [9.17, 15) is 4.79 Å². The topological polar surface area (TPSA) is 49.0 Å². The van der Waals surface area contributed by atoms with E-state index in [4.69, 9.17) is 0 Å². The number of aromatic amines is 1. The number of H-pyrrole nitrogens is 1. The molecular formula is C16H17N3O. The minimum absolute atomic E-state index is 0.0475. The van der Waals surface area contributed by atoms with Gasteiger partial charge in [0.05, 0.1) is 18.1 Å². The number of rotatable bonds is 2. The molecular weight excluding hydrogens is 250 g/mol. The van der Waals surface area contributed by atoms with E-state index in [1.54, 1.807) is 6.33 Å². The Kier molecular flexibility index (Phi) is 2.70. The van der Waals surface area contributed by atoms with E-state index in [0.717, 1.165) is 37.1 Å². The van der Waals surface area contributed by atoms with Gasteiger partial charge in [-0.3, -0.25) is 9.69 Å².